The molecule has 0 amide bonds. The van der Waals surface area contributed by atoms with Gasteiger partial charge in [0.1, 0.15) is 5.58 Å². The molecule has 0 fully saturated rings. The van der Waals surface area contributed by atoms with Crippen molar-refractivity contribution in [1.82, 2.24) is 4.98 Å². The predicted octanol–water partition coefficient (Wildman–Crippen LogP) is 3.83. The molecule has 0 atom stereocenters. The predicted molar refractivity (Wildman–Crippen MR) is 92.5 cm³/mol. The lowest BCUT2D eigenvalue weighted by Gasteiger charge is -2.11. The summed E-state index contributed by atoms with van der Waals surface area (Å²) in [4.78, 5) is 29.4. The third-order valence-corrected chi connectivity index (χ3v) is 3.86. The van der Waals surface area contributed by atoms with E-state index in [0.717, 1.165) is 11.1 Å². The number of aryl methyl sites for hydroxylation is 3. The molecule has 3 rings (SSSR count). The number of aromatic nitrogens is 1. The average Bonchev–Trinajstić information content (AvgIpc) is 2.44. The molecule has 0 aliphatic carbocycles. The van der Waals surface area contributed by atoms with Crippen LogP contribution in [0.3, 0.4) is 0 Å². The minimum absolute atomic E-state index is 0.185. The van der Waals surface area contributed by atoms with Gasteiger partial charge < -0.3 is 9.15 Å². The van der Waals surface area contributed by atoms with Crippen LogP contribution >= 0.6 is 0 Å². The van der Waals surface area contributed by atoms with Crippen LogP contribution in [0.1, 0.15) is 41.0 Å². The van der Waals surface area contributed by atoms with Gasteiger partial charge in [-0.25, -0.2) is 9.78 Å². The minimum atomic E-state index is -0.489. The molecular weight excluding hydrogens is 306 g/mol. The maximum Gasteiger partial charge on any atom is 0.340 e. The standard InChI is InChI=1S/C19H19NO4/c1-9(2)23-19(22)13-8-14-17(21)16-11(4)6-10(3)7-15(16)24-18(14)20-12(13)5/h6-9H,1-5H3. The van der Waals surface area contributed by atoms with Gasteiger partial charge in [0.2, 0.25) is 11.1 Å². The summed E-state index contributed by atoms with van der Waals surface area (Å²) >= 11 is 0. The average molecular weight is 325 g/mol. The molecule has 2 aromatic heterocycles. The van der Waals surface area contributed by atoms with Crippen molar-refractivity contribution < 1.29 is 13.9 Å². The molecule has 0 radical (unpaired) electrons. The van der Waals surface area contributed by atoms with Gasteiger partial charge in [0.05, 0.1) is 28.1 Å². The van der Waals surface area contributed by atoms with Crippen LogP contribution < -0.4 is 5.43 Å². The quantitative estimate of drug-likeness (QED) is 0.529. The molecule has 3 aromatic rings. The second kappa shape index (κ2) is 5.74. The first-order valence-electron chi connectivity index (χ1n) is 7.84. The van der Waals surface area contributed by atoms with Gasteiger partial charge >= 0.3 is 5.97 Å². The summed E-state index contributed by atoms with van der Waals surface area (Å²) in [5.74, 6) is -0.489. The van der Waals surface area contributed by atoms with Crippen molar-refractivity contribution in [1.29, 1.82) is 0 Å². The maximum absolute atomic E-state index is 12.9. The molecule has 5 nitrogen and oxygen atoms in total. The highest BCUT2D eigenvalue weighted by molar-refractivity contribution is 5.97. The Bertz CT molecular complexity index is 1030. The highest BCUT2D eigenvalue weighted by Gasteiger charge is 2.18. The van der Waals surface area contributed by atoms with Crippen LogP contribution in [0.2, 0.25) is 0 Å². The summed E-state index contributed by atoms with van der Waals surface area (Å²) in [6, 6.07) is 5.27. The Balaban J connectivity index is 2.33. The number of hydrogen-bond acceptors (Lipinski definition) is 5. The van der Waals surface area contributed by atoms with Crippen molar-refractivity contribution in [3.8, 4) is 0 Å². The number of carbonyl (C=O) groups excluding carboxylic acids is 1. The molecule has 2 heterocycles. The Kier molecular flexibility index (Phi) is 3.87. The van der Waals surface area contributed by atoms with Crippen LogP contribution in [0, 0.1) is 20.8 Å². The highest BCUT2D eigenvalue weighted by atomic mass is 16.5. The number of ether oxygens (including phenoxy) is 1. The maximum atomic E-state index is 12.9. The smallest absolute Gasteiger partial charge is 0.340 e. The normalized spacial score (nSPS) is 11.4. The van der Waals surface area contributed by atoms with Crippen LogP contribution in [0.4, 0.5) is 0 Å². The Morgan fingerprint density at radius 1 is 1.17 bits per heavy atom. The number of pyridine rings is 1. The van der Waals surface area contributed by atoms with E-state index in [4.69, 9.17) is 9.15 Å². The topological polar surface area (TPSA) is 69.4 Å². The van der Waals surface area contributed by atoms with Crippen LogP contribution in [-0.2, 0) is 4.74 Å². The minimum Gasteiger partial charge on any atom is -0.459 e. The molecule has 0 spiro atoms. The van der Waals surface area contributed by atoms with E-state index in [0.29, 0.717) is 16.7 Å². The van der Waals surface area contributed by atoms with Gasteiger partial charge in [-0.05, 0) is 57.9 Å². The Labute approximate surface area is 139 Å². The first-order valence-corrected chi connectivity index (χ1v) is 7.84. The second-order valence-corrected chi connectivity index (χ2v) is 6.31. The SMILES string of the molecule is Cc1cc(C)c2c(=O)c3cc(C(=O)OC(C)C)c(C)nc3oc2c1. The molecule has 0 aliphatic heterocycles. The summed E-state index contributed by atoms with van der Waals surface area (Å²) in [6.07, 6.45) is -0.245. The fraction of sp³-hybridized carbons (Fsp3) is 0.316. The van der Waals surface area contributed by atoms with Gasteiger partial charge in [-0.3, -0.25) is 4.79 Å². The lowest BCUT2D eigenvalue weighted by atomic mass is 10.0. The van der Waals surface area contributed by atoms with Gasteiger partial charge in [-0.2, -0.15) is 0 Å². The van der Waals surface area contributed by atoms with E-state index in [9.17, 15) is 9.59 Å². The number of benzene rings is 1. The van der Waals surface area contributed by atoms with E-state index in [-0.39, 0.29) is 28.2 Å². The number of hydrogen-bond donors (Lipinski definition) is 0. The fourth-order valence-corrected chi connectivity index (χ4v) is 2.85. The molecular formula is C19H19NO4. The van der Waals surface area contributed by atoms with Crippen LogP contribution in [0.15, 0.2) is 27.4 Å². The van der Waals surface area contributed by atoms with Crippen molar-refractivity contribution in [3.05, 3.63) is 50.8 Å². The largest absolute Gasteiger partial charge is 0.459 e. The van der Waals surface area contributed by atoms with Crippen molar-refractivity contribution >= 4 is 28.0 Å². The third-order valence-electron chi connectivity index (χ3n) is 3.86. The summed E-state index contributed by atoms with van der Waals surface area (Å²) in [6.45, 7) is 9.06. The van der Waals surface area contributed by atoms with Crippen molar-refractivity contribution in [2.75, 3.05) is 0 Å². The molecule has 0 saturated heterocycles. The molecule has 0 saturated carbocycles. The van der Waals surface area contributed by atoms with Gasteiger partial charge in [-0.1, -0.05) is 6.07 Å². The molecule has 124 valence electrons. The lowest BCUT2D eigenvalue weighted by molar-refractivity contribution is 0.0376. The number of carbonyl (C=O) groups is 1. The van der Waals surface area contributed by atoms with E-state index in [1.807, 2.05) is 26.0 Å². The van der Waals surface area contributed by atoms with E-state index >= 15 is 0 Å². The van der Waals surface area contributed by atoms with Crippen molar-refractivity contribution in [3.63, 3.8) is 0 Å². The number of rotatable bonds is 2. The van der Waals surface area contributed by atoms with Crippen molar-refractivity contribution in [2.24, 2.45) is 0 Å². The van der Waals surface area contributed by atoms with Crippen LogP contribution in [0.25, 0.3) is 22.1 Å². The summed E-state index contributed by atoms with van der Waals surface area (Å²) in [5.41, 5.74) is 3.16. The fourth-order valence-electron chi connectivity index (χ4n) is 2.85. The van der Waals surface area contributed by atoms with Gasteiger partial charge in [0, 0.05) is 0 Å². The van der Waals surface area contributed by atoms with Gasteiger partial charge in [-0.15, -0.1) is 0 Å². The molecule has 0 N–H and O–H groups in total. The lowest BCUT2D eigenvalue weighted by Crippen LogP contribution is -2.15. The number of esters is 1. The molecule has 0 bridgehead atoms. The molecule has 1 aromatic carbocycles. The number of nitrogens with zero attached hydrogens (tertiary/aromatic N) is 1. The third kappa shape index (κ3) is 2.66. The van der Waals surface area contributed by atoms with E-state index in [1.165, 1.54) is 6.07 Å². The van der Waals surface area contributed by atoms with Crippen LogP contribution in [0.5, 0.6) is 0 Å². The van der Waals surface area contributed by atoms with E-state index in [2.05, 4.69) is 4.98 Å². The summed E-state index contributed by atoms with van der Waals surface area (Å²) in [5, 5.41) is 0.803. The molecule has 0 aliphatic rings. The first-order chi connectivity index (χ1) is 11.3. The Morgan fingerprint density at radius 2 is 1.88 bits per heavy atom. The Morgan fingerprint density at radius 3 is 2.54 bits per heavy atom. The zero-order valence-electron chi connectivity index (χ0n) is 14.4. The van der Waals surface area contributed by atoms with E-state index in [1.54, 1.807) is 20.8 Å². The first kappa shape index (κ1) is 16.2. The van der Waals surface area contributed by atoms with Gasteiger partial charge in [0.25, 0.3) is 0 Å². The van der Waals surface area contributed by atoms with Gasteiger partial charge in [0.15, 0.2) is 0 Å². The zero-order valence-corrected chi connectivity index (χ0v) is 14.4. The molecule has 0 unspecified atom stereocenters. The van der Waals surface area contributed by atoms with E-state index < -0.39 is 5.97 Å². The number of fused-ring (bicyclic) bond motifs is 2. The Hall–Kier alpha value is -2.69. The summed E-state index contributed by atoms with van der Waals surface area (Å²) < 4.78 is 11.0. The summed E-state index contributed by atoms with van der Waals surface area (Å²) in [7, 11) is 0. The molecule has 24 heavy (non-hydrogen) atoms. The second-order valence-electron chi connectivity index (χ2n) is 6.31. The highest BCUT2D eigenvalue weighted by Crippen LogP contribution is 2.23. The van der Waals surface area contributed by atoms with Crippen LogP contribution in [-0.4, -0.2) is 17.1 Å². The molecule has 5 heteroatoms. The van der Waals surface area contributed by atoms with Crippen molar-refractivity contribution in [2.45, 2.75) is 40.7 Å². The zero-order chi connectivity index (χ0) is 17.6. The monoisotopic (exact) mass is 325 g/mol.